The van der Waals surface area contributed by atoms with Crippen molar-refractivity contribution in [3.05, 3.63) is 56.2 Å². The fourth-order valence-corrected chi connectivity index (χ4v) is 2.50. The highest BCUT2D eigenvalue weighted by Gasteiger charge is 2.10. The normalized spacial score (nSPS) is 10.4. The minimum atomic E-state index is 0.0745. The van der Waals surface area contributed by atoms with Gasteiger partial charge in [-0.15, -0.1) is 0 Å². The largest absolute Gasteiger partial charge is 0.294 e. The second-order valence-corrected chi connectivity index (χ2v) is 4.97. The van der Waals surface area contributed by atoms with Crippen LogP contribution in [0.5, 0.6) is 0 Å². The molecule has 0 saturated carbocycles. The number of Topliss-reactive ketones (excluding diaryl/α,β-unsaturated/α-hetero) is 1. The molecule has 0 aliphatic carbocycles. The third-order valence-corrected chi connectivity index (χ3v) is 3.48. The van der Waals surface area contributed by atoms with Crippen molar-refractivity contribution < 1.29 is 4.79 Å². The van der Waals surface area contributed by atoms with Crippen LogP contribution in [0.3, 0.4) is 0 Å². The summed E-state index contributed by atoms with van der Waals surface area (Å²) < 4.78 is 0. The zero-order valence-electron chi connectivity index (χ0n) is 8.24. The lowest BCUT2D eigenvalue weighted by atomic mass is 10.1. The molecule has 0 spiro atoms. The Morgan fingerprint density at radius 3 is 2.69 bits per heavy atom. The third kappa shape index (κ3) is 2.64. The van der Waals surface area contributed by atoms with E-state index in [0.29, 0.717) is 16.5 Å². The van der Waals surface area contributed by atoms with Crippen molar-refractivity contribution in [2.45, 2.75) is 6.42 Å². The zero-order chi connectivity index (χ0) is 11.5. The summed E-state index contributed by atoms with van der Waals surface area (Å²) in [5.41, 5.74) is 1.54. The monoisotopic (exact) mass is 270 g/mol. The fourth-order valence-electron chi connectivity index (χ4n) is 1.36. The highest BCUT2D eigenvalue weighted by atomic mass is 35.5. The molecular weight excluding hydrogens is 263 g/mol. The van der Waals surface area contributed by atoms with Crippen molar-refractivity contribution in [2.24, 2.45) is 0 Å². The van der Waals surface area contributed by atoms with Gasteiger partial charge in [0.05, 0.1) is 0 Å². The van der Waals surface area contributed by atoms with Crippen molar-refractivity contribution in [1.82, 2.24) is 0 Å². The molecule has 0 bridgehead atoms. The standard InChI is InChI=1S/C12H8Cl2OS/c13-10-2-1-8(11(14)6-10)5-12(15)9-3-4-16-7-9/h1-4,6-7H,5H2. The number of hydrogen-bond acceptors (Lipinski definition) is 2. The molecule has 1 nitrogen and oxygen atoms in total. The molecule has 2 aromatic rings. The Hall–Kier alpha value is -0.830. The maximum Gasteiger partial charge on any atom is 0.168 e. The van der Waals surface area contributed by atoms with Crippen molar-refractivity contribution in [3.8, 4) is 0 Å². The Balaban J connectivity index is 2.18. The van der Waals surface area contributed by atoms with Crippen LogP contribution in [-0.4, -0.2) is 5.78 Å². The van der Waals surface area contributed by atoms with Gasteiger partial charge in [0.15, 0.2) is 5.78 Å². The number of benzene rings is 1. The second-order valence-electron chi connectivity index (χ2n) is 3.35. The molecule has 16 heavy (non-hydrogen) atoms. The van der Waals surface area contributed by atoms with Gasteiger partial charge in [0.25, 0.3) is 0 Å². The number of rotatable bonds is 3. The van der Waals surface area contributed by atoms with E-state index >= 15 is 0 Å². The molecule has 4 heteroatoms. The Morgan fingerprint density at radius 1 is 1.25 bits per heavy atom. The van der Waals surface area contributed by atoms with E-state index in [0.717, 1.165) is 11.1 Å². The molecule has 0 N–H and O–H groups in total. The van der Waals surface area contributed by atoms with Gasteiger partial charge in [-0.1, -0.05) is 29.3 Å². The Morgan fingerprint density at radius 2 is 2.06 bits per heavy atom. The molecule has 82 valence electrons. The van der Waals surface area contributed by atoms with Gasteiger partial charge < -0.3 is 0 Å². The first-order valence-corrected chi connectivity index (χ1v) is 6.36. The van der Waals surface area contributed by atoms with Crippen molar-refractivity contribution in [3.63, 3.8) is 0 Å². The average molecular weight is 271 g/mol. The maximum atomic E-state index is 11.8. The van der Waals surface area contributed by atoms with Crippen LogP contribution in [0.25, 0.3) is 0 Å². The third-order valence-electron chi connectivity index (χ3n) is 2.21. The van der Waals surface area contributed by atoms with Gasteiger partial charge in [-0.25, -0.2) is 0 Å². The van der Waals surface area contributed by atoms with E-state index in [1.165, 1.54) is 11.3 Å². The summed E-state index contributed by atoms with van der Waals surface area (Å²) >= 11 is 13.3. The van der Waals surface area contributed by atoms with Gasteiger partial charge >= 0.3 is 0 Å². The van der Waals surface area contributed by atoms with Gasteiger partial charge in [0, 0.05) is 27.4 Å². The summed E-state index contributed by atoms with van der Waals surface area (Å²) in [4.78, 5) is 11.8. The zero-order valence-corrected chi connectivity index (χ0v) is 10.6. The first-order chi connectivity index (χ1) is 7.66. The fraction of sp³-hybridized carbons (Fsp3) is 0.0833. The second kappa shape index (κ2) is 5.00. The van der Waals surface area contributed by atoms with Crippen LogP contribution in [0, 0.1) is 0 Å². The lowest BCUT2D eigenvalue weighted by Crippen LogP contribution is -2.02. The molecule has 0 aliphatic rings. The van der Waals surface area contributed by atoms with Gasteiger partial charge in [0.1, 0.15) is 0 Å². The molecule has 1 aromatic carbocycles. The maximum absolute atomic E-state index is 11.8. The van der Waals surface area contributed by atoms with Crippen LogP contribution in [0.1, 0.15) is 15.9 Å². The smallest absolute Gasteiger partial charge is 0.168 e. The first-order valence-electron chi connectivity index (χ1n) is 4.66. The van der Waals surface area contributed by atoms with E-state index in [9.17, 15) is 4.79 Å². The first kappa shape index (κ1) is 11.6. The van der Waals surface area contributed by atoms with Crippen LogP contribution < -0.4 is 0 Å². The molecule has 0 fully saturated rings. The van der Waals surface area contributed by atoms with Gasteiger partial charge in [-0.2, -0.15) is 11.3 Å². The molecule has 0 unspecified atom stereocenters. The van der Waals surface area contributed by atoms with E-state index in [1.807, 2.05) is 16.8 Å². The predicted molar refractivity (Wildman–Crippen MR) is 68.8 cm³/mol. The molecule has 0 atom stereocenters. The van der Waals surface area contributed by atoms with Crippen molar-refractivity contribution in [2.75, 3.05) is 0 Å². The minimum Gasteiger partial charge on any atom is -0.294 e. The Bertz CT molecular complexity index is 506. The molecular formula is C12H8Cl2OS. The Kier molecular flexibility index (Phi) is 3.64. The van der Waals surface area contributed by atoms with Crippen LogP contribution >= 0.6 is 34.5 Å². The highest BCUT2D eigenvalue weighted by Crippen LogP contribution is 2.22. The van der Waals surface area contributed by atoms with E-state index in [1.54, 1.807) is 18.2 Å². The average Bonchev–Trinajstić information content (AvgIpc) is 2.75. The highest BCUT2D eigenvalue weighted by molar-refractivity contribution is 7.08. The van der Waals surface area contributed by atoms with Gasteiger partial charge in [-0.05, 0) is 29.1 Å². The van der Waals surface area contributed by atoms with Crippen LogP contribution in [-0.2, 0) is 6.42 Å². The molecule has 0 saturated heterocycles. The summed E-state index contributed by atoms with van der Waals surface area (Å²) in [6.45, 7) is 0. The number of carbonyl (C=O) groups excluding carboxylic acids is 1. The summed E-state index contributed by atoms with van der Waals surface area (Å²) in [5, 5.41) is 4.84. The molecule has 1 aromatic heterocycles. The lowest BCUT2D eigenvalue weighted by molar-refractivity contribution is 0.0993. The van der Waals surface area contributed by atoms with E-state index < -0.39 is 0 Å². The van der Waals surface area contributed by atoms with Crippen LogP contribution in [0.2, 0.25) is 10.0 Å². The number of ketones is 1. The lowest BCUT2D eigenvalue weighted by Gasteiger charge is -2.03. The molecule has 0 amide bonds. The minimum absolute atomic E-state index is 0.0745. The number of halogens is 2. The predicted octanol–water partition coefficient (Wildman–Crippen LogP) is 4.48. The van der Waals surface area contributed by atoms with Crippen LogP contribution in [0.4, 0.5) is 0 Å². The number of thiophene rings is 1. The number of carbonyl (C=O) groups is 1. The molecule has 1 heterocycles. The van der Waals surface area contributed by atoms with Gasteiger partial charge in [-0.3, -0.25) is 4.79 Å². The SMILES string of the molecule is O=C(Cc1ccc(Cl)cc1Cl)c1ccsc1. The topological polar surface area (TPSA) is 17.1 Å². The molecule has 0 radical (unpaired) electrons. The van der Waals surface area contributed by atoms with Crippen molar-refractivity contribution >= 4 is 40.3 Å². The van der Waals surface area contributed by atoms with Crippen LogP contribution in [0.15, 0.2) is 35.0 Å². The quantitative estimate of drug-likeness (QED) is 0.752. The van der Waals surface area contributed by atoms with Gasteiger partial charge in [0.2, 0.25) is 0 Å². The molecule has 2 rings (SSSR count). The summed E-state index contributed by atoms with van der Waals surface area (Å²) in [6, 6.07) is 6.99. The number of hydrogen-bond donors (Lipinski definition) is 0. The van der Waals surface area contributed by atoms with E-state index in [2.05, 4.69) is 0 Å². The summed E-state index contributed by atoms with van der Waals surface area (Å²) in [7, 11) is 0. The molecule has 0 aliphatic heterocycles. The summed E-state index contributed by atoms with van der Waals surface area (Å²) in [5.74, 6) is 0.0745. The van der Waals surface area contributed by atoms with E-state index in [-0.39, 0.29) is 5.78 Å². The van der Waals surface area contributed by atoms with Crippen molar-refractivity contribution in [1.29, 1.82) is 0 Å². The Labute approximate surface area is 108 Å². The van der Waals surface area contributed by atoms with E-state index in [4.69, 9.17) is 23.2 Å². The summed E-state index contributed by atoms with van der Waals surface area (Å²) in [6.07, 6.45) is 0.312.